The molecule has 3 rings (SSSR count). The summed E-state index contributed by atoms with van der Waals surface area (Å²) in [7, 11) is 0. The van der Waals surface area contributed by atoms with Gasteiger partial charge < -0.3 is 95.9 Å². The summed E-state index contributed by atoms with van der Waals surface area (Å²) in [5.74, 6) is -19.7. The average molecular weight is 1270 g/mol. The fourth-order valence-corrected chi connectivity index (χ4v) is 9.62. The summed E-state index contributed by atoms with van der Waals surface area (Å²) in [4.78, 5) is 224. The summed E-state index contributed by atoms with van der Waals surface area (Å²) in [6, 6.07) is -10.3. The Hall–Kier alpha value is -9.83. The van der Waals surface area contributed by atoms with Crippen molar-refractivity contribution in [3.05, 3.63) is 35.9 Å². The van der Waals surface area contributed by atoms with E-state index >= 15 is 0 Å². The Morgan fingerprint density at radius 3 is 1.39 bits per heavy atom. The van der Waals surface area contributed by atoms with Gasteiger partial charge in [-0.2, -0.15) is 0 Å². The Balaban J connectivity index is 1.86. The second-order valence-electron chi connectivity index (χ2n) is 22.3. The van der Waals surface area contributed by atoms with Crippen molar-refractivity contribution < 1.29 is 96.8 Å². The van der Waals surface area contributed by atoms with E-state index in [4.69, 9.17) is 22.9 Å². The summed E-state index contributed by atoms with van der Waals surface area (Å²) in [5, 5.41) is 49.2. The van der Waals surface area contributed by atoms with Crippen LogP contribution in [0.3, 0.4) is 0 Å². The number of likely N-dealkylation sites (tertiary alicyclic amines) is 2. The van der Waals surface area contributed by atoms with Crippen molar-refractivity contribution in [1.82, 2.24) is 57.7 Å². The number of nitrogens with two attached hydrogens (primary N) is 4. The fourth-order valence-electron chi connectivity index (χ4n) is 9.62. The minimum absolute atomic E-state index is 0.0297. The molecule has 2 heterocycles. The minimum atomic E-state index is -1.97. The highest BCUT2D eigenvalue weighted by atomic mass is 16.4. The number of aliphatic carboxylic acids is 3. The van der Waals surface area contributed by atoms with Crippen molar-refractivity contribution in [2.24, 2.45) is 28.9 Å². The third-order valence-corrected chi connectivity index (χ3v) is 14.2. The van der Waals surface area contributed by atoms with Crippen molar-refractivity contribution in [3.8, 4) is 0 Å². The normalized spacial score (nSPS) is 17.7. The lowest BCUT2D eigenvalue weighted by atomic mass is 9.99. The Bertz CT molecular complexity index is 2870. The Labute approximate surface area is 515 Å². The predicted octanol–water partition coefficient (Wildman–Crippen LogP) is -6.94. The molecule has 12 unspecified atom stereocenters. The molecule has 496 valence electrons. The van der Waals surface area contributed by atoms with E-state index in [1.807, 2.05) is 0 Å². The van der Waals surface area contributed by atoms with Gasteiger partial charge in [-0.15, -0.1) is 0 Å². The number of amides is 14. The Morgan fingerprint density at radius 2 is 0.900 bits per heavy atom. The van der Waals surface area contributed by atoms with Crippen molar-refractivity contribution in [1.29, 1.82) is 0 Å². The van der Waals surface area contributed by atoms with Crippen LogP contribution in [0.1, 0.15) is 111 Å². The molecule has 35 nitrogen and oxygen atoms in total. The van der Waals surface area contributed by atoms with Gasteiger partial charge in [-0.05, 0) is 70.8 Å². The number of primary amides is 3. The van der Waals surface area contributed by atoms with E-state index in [1.54, 1.807) is 44.2 Å². The van der Waals surface area contributed by atoms with Crippen LogP contribution in [0, 0.1) is 5.92 Å². The van der Waals surface area contributed by atoms with Crippen molar-refractivity contribution in [2.45, 2.75) is 184 Å². The van der Waals surface area contributed by atoms with E-state index in [2.05, 4.69) is 47.9 Å². The molecule has 0 radical (unpaired) electrons. The number of carbonyl (C=O) groups is 17. The smallest absolute Gasteiger partial charge is 0.326 e. The zero-order valence-corrected chi connectivity index (χ0v) is 50.3. The van der Waals surface area contributed by atoms with Crippen LogP contribution >= 0.6 is 0 Å². The largest absolute Gasteiger partial charge is 0.481 e. The highest BCUT2D eigenvalue weighted by Crippen LogP contribution is 2.27. The molecule has 0 spiro atoms. The minimum Gasteiger partial charge on any atom is -0.481 e. The van der Waals surface area contributed by atoms with Gasteiger partial charge in [0, 0.05) is 25.9 Å². The third kappa shape index (κ3) is 24.0. The first-order chi connectivity index (χ1) is 42.1. The van der Waals surface area contributed by atoms with Gasteiger partial charge in [-0.3, -0.25) is 76.7 Å². The maximum absolute atomic E-state index is 14.8. The van der Waals surface area contributed by atoms with Crippen LogP contribution in [0.25, 0.3) is 0 Å². The van der Waals surface area contributed by atoms with Crippen LogP contribution in [0.4, 0.5) is 0 Å². The van der Waals surface area contributed by atoms with Crippen molar-refractivity contribution in [3.63, 3.8) is 0 Å². The zero-order chi connectivity index (χ0) is 67.9. The summed E-state index contributed by atoms with van der Waals surface area (Å²) in [6.07, 6.45) is -4.53. The van der Waals surface area contributed by atoms with Crippen LogP contribution in [0.5, 0.6) is 0 Å². The van der Waals surface area contributed by atoms with E-state index < -0.39 is 212 Å². The molecule has 0 saturated carbocycles. The Morgan fingerprint density at radius 1 is 0.478 bits per heavy atom. The number of hydrogen-bond donors (Lipinski definition) is 16. The van der Waals surface area contributed by atoms with E-state index in [-0.39, 0.29) is 44.7 Å². The van der Waals surface area contributed by atoms with Crippen LogP contribution in [0.2, 0.25) is 0 Å². The molecule has 35 heteroatoms. The van der Waals surface area contributed by atoms with Crippen molar-refractivity contribution >= 4 is 101 Å². The average Bonchev–Trinajstić information content (AvgIpc) is 1.84. The molecule has 20 N–H and O–H groups in total. The predicted molar refractivity (Wildman–Crippen MR) is 310 cm³/mol. The molecule has 2 aliphatic rings. The van der Waals surface area contributed by atoms with E-state index in [0.29, 0.717) is 18.4 Å². The molecular weight excluding hydrogens is 1190 g/mol. The van der Waals surface area contributed by atoms with Gasteiger partial charge in [-0.25, -0.2) is 4.79 Å². The zero-order valence-electron chi connectivity index (χ0n) is 50.3. The molecular formula is C55H81N15O20. The molecule has 12 atom stereocenters. The van der Waals surface area contributed by atoms with E-state index in [9.17, 15) is 96.8 Å². The maximum Gasteiger partial charge on any atom is 0.326 e. The molecule has 2 fully saturated rings. The van der Waals surface area contributed by atoms with Crippen LogP contribution in [-0.2, 0) is 87.9 Å². The number of rotatable bonds is 36. The number of hydrogen-bond acceptors (Lipinski definition) is 18. The van der Waals surface area contributed by atoms with Crippen molar-refractivity contribution in [2.75, 3.05) is 13.1 Å². The maximum atomic E-state index is 14.8. The quantitative estimate of drug-likeness (QED) is 0.0297. The molecule has 1 aromatic carbocycles. The lowest BCUT2D eigenvalue weighted by Gasteiger charge is -2.33. The first-order valence-corrected chi connectivity index (χ1v) is 28.7. The first-order valence-electron chi connectivity index (χ1n) is 28.7. The monoisotopic (exact) mass is 1270 g/mol. The number of carbonyl (C=O) groups excluding carboxylic acids is 14. The van der Waals surface area contributed by atoms with E-state index in [1.165, 1.54) is 23.6 Å². The van der Waals surface area contributed by atoms with Crippen LogP contribution in [-0.4, -0.2) is 211 Å². The van der Waals surface area contributed by atoms with Crippen LogP contribution < -0.4 is 70.8 Å². The molecule has 2 aliphatic heterocycles. The van der Waals surface area contributed by atoms with Gasteiger partial charge in [-0.1, -0.05) is 44.2 Å². The van der Waals surface area contributed by atoms with Gasteiger partial charge in [0.25, 0.3) is 0 Å². The SMILES string of the molecule is CC(C)CC(NC(=O)C(CCC(=O)O)NC(=O)C(CC(N)=O)NC(=O)C(C)NC(=O)C(CC(N)=O)NC(=O)C(CC(=O)O)NC(=O)C(C)NC(=O)C(C)N)C(=O)NC(Cc1ccccc1)C(=O)N1CCCC1C(=O)N1CCCC1C(=O)NC(CC(N)=O)C(=O)O. The molecule has 1 aromatic rings. The number of benzene rings is 1. The lowest BCUT2D eigenvalue weighted by molar-refractivity contribution is -0.149. The second-order valence-corrected chi connectivity index (χ2v) is 22.3. The fraction of sp³-hybridized carbons (Fsp3) is 0.582. The number of carboxylic acid groups (broad SMARTS) is 3. The molecule has 90 heavy (non-hydrogen) atoms. The van der Waals surface area contributed by atoms with Gasteiger partial charge in [0.15, 0.2) is 0 Å². The third-order valence-electron chi connectivity index (χ3n) is 14.2. The van der Waals surface area contributed by atoms with E-state index in [0.717, 1.165) is 6.92 Å². The summed E-state index contributed by atoms with van der Waals surface area (Å²) in [6.45, 7) is 7.00. The van der Waals surface area contributed by atoms with Gasteiger partial charge in [0.1, 0.15) is 66.5 Å². The van der Waals surface area contributed by atoms with Gasteiger partial charge in [0.2, 0.25) is 82.7 Å². The summed E-state index contributed by atoms with van der Waals surface area (Å²) >= 11 is 0. The topological polar surface area (TPSA) is 570 Å². The van der Waals surface area contributed by atoms with Gasteiger partial charge in [0.05, 0.1) is 31.7 Å². The first kappa shape index (κ1) is 74.4. The molecule has 14 amide bonds. The lowest BCUT2D eigenvalue weighted by Crippen LogP contribution is -2.61. The standard InChI is InChI=1S/C55H81N15O20/c1-25(2)19-31(49(83)67-35(20-29-11-7-6-8-12-29)53(87)70-18-10-14-38(70)54(88)69-17-9-13-37(69)52(86)68-36(55(89)90)23-41(59)73)65-47(81)30(15-16-42(74)75)62-50(84)33(22-40(58)72)63-46(80)28(5)61-48(82)32(21-39(57)71)66-51(85)34(24-43(76)77)64-45(79)27(4)60-44(78)26(3)56/h6-8,11-12,25-28,30-38H,9-10,13-24,56H2,1-5H3,(H2,57,71)(H2,58,72)(H2,59,73)(H,60,78)(H,61,82)(H,62,84)(H,63,80)(H,64,79)(H,65,81)(H,66,85)(H,67,83)(H,68,86)(H,74,75)(H,76,77)(H,89,90). The molecule has 0 aliphatic carbocycles. The second kappa shape index (κ2) is 35.2. The number of carboxylic acids is 3. The molecule has 2 saturated heterocycles. The summed E-state index contributed by atoms with van der Waals surface area (Å²) < 4.78 is 0. The van der Waals surface area contributed by atoms with Crippen LogP contribution in [0.15, 0.2) is 30.3 Å². The summed E-state index contributed by atoms with van der Waals surface area (Å²) in [5.41, 5.74) is 21.9. The van der Waals surface area contributed by atoms with Gasteiger partial charge >= 0.3 is 17.9 Å². The highest BCUT2D eigenvalue weighted by Gasteiger charge is 2.45. The highest BCUT2D eigenvalue weighted by molar-refractivity contribution is 6.01. The molecule has 0 bridgehead atoms. The number of nitrogens with zero attached hydrogens (tertiary/aromatic N) is 2. The number of nitrogens with one attached hydrogen (secondary N) is 9. The Kier molecular flexibility index (Phi) is 29.1. The molecule has 0 aromatic heterocycles.